The van der Waals surface area contributed by atoms with Gasteiger partial charge in [-0.3, -0.25) is 0 Å². The van der Waals surface area contributed by atoms with Crippen LogP contribution in [0.3, 0.4) is 0 Å². The topological polar surface area (TPSA) is 102 Å². The van der Waals surface area contributed by atoms with Crippen LogP contribution in [0.15, 0.2) is 46.2 Å². The molecule has 3 rings (SSSR count). The van der Waals surface area contributed by atoms with Crippen LogP contribution in [0.1, 0.15) is 6.42 Å². The maximum absolute atomic E-state index is 14.0. The van der Waals surface area contributed by atoms with Gasteiger partial charge in [-0.05, 0) is 36.8 Å². The molecule has 1 aliphatic rings. The van der Waals surface area contributed by atoms with Gasteiger partial charge in [0, 0.05) is 32.2 Å². The number of halogens is 1. The zero-order valence-corrected chi connectivity index (χ0v) is 19.6. The summed E-state index contributed by atoms with van der Waals surface area (Å²) in [5.74, 6) is -0.187. The third-order valence-electron chi connectivity index (χ3n) is 5.17. The van der Waals surface area contributed by atoms with Crippen LogP contribution in [0.5, 0.6) is 17.2 Å². The summed E-state index contributed by atoms with van der Waals surface area (Å²) in [4.78, 5) is -0.198. The second kappa shape index (κ2) is 9.61. The van der Waals surface area contributed by atoms with Crippen molar-refractivity contribution in [2.24, 2.45) is 0 Å². The van der Waals surface area contributed by atoms with Gasteiger partial charge in [-0.2, -0.15) is 8.61 Å². The molecule has 0 aliphatic carbocycles. The number of hydrogen-bond acceptors (Lipinski definition) is 7. The van der Waals surface area contributed by atoms with E-state index in [0.29, 0.717) is 5.75 Å². The van der Waals surface area contributed by atoms with Gasteiger partial charge in [0.2, 0.25) is 20.0 Å². The number of methoxy groups -OCH3 is 3. The van der Waals surface area contributed by atoms with Crippen molar-refractivity contribution in [2.75, 3.05) is 47.5 Å². The molecule has 0 radical (unpaired) electrons. The largest absolute Gasteiger partial charge is 0.494 e. The van der Waals surface area contributed by atoms with Crippen molar-refractivity contribution in [2.45, 2.75) is 16.2 Å². The molecule has 0 aromatic heterocycles. The molecule has 176 valence electrons. The molecule has 0 bridgehead atoms. The zero-order chi connectivity index (χ0) is 23.5. The zero-order valence-electron chi connectivity index (χ0n) is 17.9. The van der Waals surface area contributed by atoms with Gasteiger partial charge in [0.1, 0.15) is 0 Å². The van der Waals surface area contributed by atoms with Gasteiger partial charge < -0.3 is 14.2 Å². The van der Waals surface area contributed by atoms with Crippen molar-refractivity contribution in [3.05, 3.63) is 42.2 Å². The summed E-state index contributed by atoms with van der Waals surface area (Å²) in [6.45, 7) is 0.130. The molecule has 0 N–H and O–H groups in total. The number of hydrogen-bond donors (Lipinski definition) is 0. The van der Waals surface area contributed by atoms with E-state index in [1.807, 2.05) is 0 Å². The maximum Gasteiger partial charge on any atom is 0.243 e. The summed E-state index contributed by atoms with van der Waals surface area (Å²) >= 11 is 0. The molecular weight excluding hydrogens is 463 g/mol. The first-order valence-electron chi connectivity index (χ1n) is 9.71. The lowest BCUT2D eigenvalue weighted by Crippen LogP contribution is -2.37. The molecule has 0 amide bonds. The van der Waals surface area contributed by atoms with E-state index in [9.17, 15) is 21.2 Å². The molecule has 1 heterocycles. The molecule has 2 aromatic rings. The summed E-state index contributed by atoms with van der Waals surface area (Å²) in [6, 6.07) is 7.69. The third-order valence-corrected chi connectivity index (χ3v) is 8.96. The Bertz CT molecular complexity index is 1190. The van der Waals surface area contributed by atoms with Crippen LogP contribution >= 0.6 is 0 Å². The minimum absolute atomic E-state index is 0.0173. The van der Waals surface area contributed by atoms with Crippen molar-refractivity contribution in [3.8, 4) is 17.2 Å². The lowest BCUT2D eigenvalue weighted by molar-refractivity contribution is 0.353. The number of benzene rings is 2. The van der Waals surface area contributed by atoms with Crippen LogP contribution in [0, 0.1) is 5.82 Å². The van der Waals surface area contributed by atoms with Crippen molar-refractivity contribution < 1.29 is 35.4 Å². The van der Waals surface area contributed by atoms with E-state index in [1.54, 1.807) is 0 Å². The highest BCUT2D eigenvalue weighted by Crippen LogP contribution is 2.31. The van der Waals surface area contributed by atoms with Gasteiger partial charge in [-0.1, -0.05) is 0 Å². The van der Waals surface area contributed by atoms with Crippen molar-refractivity contribution >= 4 is 20.0 Å². The lowest BCUT2D eigenvalue weighted by atomic mass is 10.3. The fraction of sp³-hybridized carbons (Fsp3) is 0.400. The van der Waals surface area contributed by atoms with E-state index in [0.717, 1.165) is 6.07 Å². The van der Waals surface area contributed by atoms with E-state index in [1.165, 1.54) is 60.3 Å². The fourth-order valence-corrected chi connectivity index (χ4v) is 6.40. The van der Waals surface area contributed by atoms with E-state index >= 15 is 0 Å². The van der Waals surface area contributed by atoms with Crippen LogP contribution in [0.4, 0.5) is 4.39 Å². The fourth-order valence-electron chi connectivity index (χ4n) is 3.43. The van der Waals surface area contributed by atoms with Gasteiger partial charge in [0.25, 0.3) is 0 Å². The van der Waals surface area contributed by atoms with Gasteiger partial charge in [-0.15, -0.1) is 0 Å². The van der Waals surface area contributed by atoms with Crippen molar-refractivity contribution in [1.82, 2.24) is 8.61 Å². The number of ether oxygens (including phenoxy) is 3. The summed E-state index contributed by atoms with van der Waals surface area (Å²) in [5, 5.41) is 0. The molecule has 12 heteroatoms. The normalized spacial score (nSPS) is 16.4. The molecule has 32 heavy (non-hydrogen) atoms. The number of rotatable bonds is 7. The maximum atomic E-state index is 14.0. The molecule has 9 nitrogen and oxygen atoms in total. The Kier molecular flexibility index (Phi) is 7.28. The molecule has 1 fully saturated rings. The molecule has 1 saturated heterocycles. The smallest absolute Gasteiger partial charge is 0.243 e. The van der Waals surface area contributed by atoms with Crippen molar-refractivity contribution in [1.29, 1.82) is 0 Å². The molecule has 0 spiro atoms. The first-order valence-corrected chi connectivity index (χ1v) is 12.6. The van der Waals surface area contributed by atoms with Crippen LogP contribution in [0.2, 0.25) is 0 Å². The minimum Gasteiger partial charge on any atom is -0.494 e. The molecule has 0 unspecified atom stereocenters. The van der Waals surface area contributed by atoms with Crippen LogP contribution in [-0.4, -0.2) is 73.0 Å². The molecule has 0 saturated carbocycles. The quantitative estimate of drug-likeness (QED) is 0.587. The summed E-state index contributed by atoms with van der Waals surface area (Å²) in [5.41, 5.74) is 0. The Labute approximate surface area is 187 Å². The highest BCUT2D eigenvalue weighted by Gasteiger charge is 2.32. The summed E-state index contributed by atoms with van der Waals surface area (Å²) < 4.78 is 83.9. The van der Waals surface area contributed by atoms with Crippen LogP contribution < -0.4 is 14.2 Å². The summed E-state index contributed by atoms with van der Waals surface area (Å²) in [7, 11) is -3.76. The van der Waals surface area contributed by atoms with E-state index < -0.39 is 25.9 Å². The lowest BCUT2D eigenvalue weighted by Gasteiger charge is -2.22. The van der Waals surface area contributed by atoms with Gasteiger partial charge in [-0.25, -0.2) is 21.2 Å². The SMILES string of the molecule is COc1ccc(S(=O)(=O)N2CCCN(S(=O)(=O)c3ccc(OC)c(OC)c3)CC2)cc1F. The Morgan fingerprint density at radius 2 is 1.16 bits per heavy atom. The Hall–Kier alpha value is -2.41. The van der Waals surface area contributed by atoms with Crippen molar-refractivity contribution in [3.63, 3.8) is 0 Å². The standard InChI is InChI=1S/C20H25FN2O7S2/c1-28-18-7-5-15(13-17(18)21)31(24,25)22-9-4-10-23(12-11-22)32(26,27)16-6-8-19(29-2)20(14-16)30-3/h5-8,13-14H,4,9-12H2,1-3H3. The van der Waals surface area contributed by atoms with Gasteiger partial charge >= 0.3 is 0 Å². The second-order valence-electron chi connectivity index (χ2n) is 6.97. The van der Waals surface area contributed by atoms with E-state index in [4.69, 9.17) is 14.2 Å². The second-order valence-corrected chi connectivity index (χ2v) is 10.9. The molecule has 2 aromatic carbocycles. The van der Waals surface area contributed by atoms with Gasteiger partial charge in [0.05, 0.1) is 31.1 Å². The average molecular weight is 489 g/mol. The highest BCUT2D eigenvalue weighted by molar-refractivity contribution is 7.89. The average Bonchev–Trinajstić information content (AvgIpc) is 3.06. The van der Waals surface area contributed by atoms with E-state index in [2.05, 4.69) is 0 Å². The van der Waals surface area contributed by atoms with Gasteiger partial charge in [0.15, 0.2) is 23.1 Å². The first kappa shape index (κ1) is 24.2. The number of sulfonamides is 2. The minimum atomic E-state index is -4.01. The summed E-state index contributed by atoms with van der Waals surface area (Å²) in [6.07, 6.45) is 0.282. The molecule has 1 aliphatic heterocycles. The van der Waals surface area contributed by atoms with Crippen LogP contribution in [-0.2, 0) is 20.0 Å². The Morgan fingerprint density at radius 3 is 1.62 bits per heavy atom. The molecule has 0 atom stereocenters. The Morgan fingerprint density at radius 1 is 0.688 bits per heavy atom. The number of nitrogens with zero attached hydrogens (tertiary/aromatic N) is 2. The molecular formula is C20H25FN2O7S2. The first-order chi connectivity index (χ1) is 15.1. The predicted octanol–water partition coefficient (Wildman–Crippen LogP) is 1.94. The monoisotopic (exact) mass is 488 g/mol. The third kappa shape index (κ3) is 4.68. The van der Waals surface area contributed by atoms with E-state index in [-0.39, 0.29) is 53.9 Å². The highest BCUT2D eigenvalue weighted by atomic mass is 32.2. The Balaban J connectivity index is 1.82. The van der Waals surface area contributed by atoms with Crippen LogP contribution in [0.25, 0.3) is 0 Å². The predicted molar refractivity (Wildman–Crippen MR) is 115 cm³/mol.